The molecule has 1 aromatic heterocycles. The maximum Gasteiger partial charge on any atom is 0.387 e. The van der Waals surface area contributed by atoms with Crippen molar-refractivity contribution in [2.45, 2.75) is 13.2 Å². The van der Waals surface area contributed by atoms with E-state index in [9.17, 15) is 8.78 Å². The summed E-state index contributed by atoms with van der Waals surface area (Å²) in [5.74, 6) is 0.896. The van der Waals surface area contributed by atoms with E-state index in [4.69, 9.17) is 16.6 Å². The number of nitrogens with one attached hydrogen (secondary N) is 1. The van der Waals surface area contributed by atoms with E-state index >= 15 is 0 Å². The van der Waals surface area contributed by atoms with Crippen LogP contribution >= 0.6 is 12.2 Å². The van der Waals surface area contributed by atoms with E-state index in [1.807, 2.05) is 13.1 Å². The predicted molar refractivity (Wildman–Crippen MR) is 79.5 cm³/mol. The van der Waals surface area contributed by atoms with Gasteiger partial charge in [-0.3, -0.25) is 0 Å². The lowest BCUT2D eigenvalue weighted by Gasteiger charge is -2.20. The summed E-state index contributed by atoms with van der Waals surface area (Å²) in [7, 11) is 1.83. The fraction of sp³-hybridized carbons (Fsp3) is 0.214. The van der Waals surface area contributed by atoms with Crippen LogP contribution in [0, 0.1) is 0 Å². The van der Waals surface area contributed by atoms with Crippen molar-refractivity contribution in [3.63, 3.8) is 0 Å². The van der Waals surface area contributed by atoms with Crippen molar-refractivity contribution in [1.29, 1.82) is 0 Å². The Kier molecular flexibility index (Phi) is 5.10. The first-order valence-corrected chi connectivity index (χ1v) is 6.55. The van der Waals surface area contributed by atoms with Crippen LogP contribution in [0.1, 0.15) is 5.76 Å². The summed E-state index contributed by atoms with van der Waals surface area (Å²) in [5, 5.41) is 3.50. The Hall–Kier alpha value is -2.15. The fourth-order valence-electron chi connectivity index (χ4n) is 1.65. The van der Waals surface area contributed by atoms with Gasteiger partial charge in [0.1, 0.15) is 11.5 Å². The molecule has 21 heavy (non-hydrogen) atoms. The van der Waals surface area contributed by atoms with Crippen LogP contribution in [0.3, 0.4) is 0 Å². The average molecular weight is 312 g/mol. The minimum absolute atomic E-state index is 0.102. The molecule has 7 heteroatoms. The zero-order valence-electron chi connectivity index (χ0n) is 11.3. The number of alkyl halides is 2. The number of rotatable bonds is 5. The molecule has 0 atom stereocenters. The molecule has 0 fully saturated rings. The van der Waals surface area contributed by atoms with E-state index in [2.05, 4.69) is 10.1 Å². The number of hydrogen-bond donors (Lipinski definition) is 1. The lowest BCUT2D eigenvalue weighted by atomic mass is 10.3. The number of ether oxygens (including phenoxy) is 1. The highest BCUT2D eigenvalue weighted by atomic mass is 32.1. The maximum atomic E-state index is 12.0. The van der Waals surface area contributed by atoms with Crippen LogP contribution in [-0.4, -0.2) is 23.7 Å². The van der Waals surface area contributed by atoms with Gasteiger partial charge in [0.05, 0.1) is 12.8 Å². The third-order valence-electron chi connectivity index (χ3n) is 2.65. The molecule has 0 unspecified atom stereocenters. The monoisotopic (exact) mass is 312 g/mol. The van der Waals surface area contributed by atoms with Crippen LogP contribution in [0.15, 0.2) is 47.1 Å². The first kappa shape index (κ1) is 15.2. The topological polar surface area (TPSA) is 37.6 Å². The maximum absolute atomic E-state index is 12.0. The standard InChI is InChI=1S/C14H14F2N2O2S/c1-18(9-12-3-2-8-19-12)14(21)17-10-4-6-11(7-5-10)20-13(15)16/h2-8,13H,9H2,1H3,(H,17,21). The molecule has 1 heterocycles. The van der Waals surface area contributed by atoms with Gasteiger partial charge in [0.15, 0.2) is 5.11 Å². The molecule has 1 aromatic carbocycles. The van der Waals surface area contributed by atoms with Gasteiger partial charge in [0.25, 0.3) is 0 Å². The lowest BCUT2D eigenvalue weighted by molar-refractivity contribution is -0.0498. The number of furan rings is 1. The number of benzene rings is 1. The highest BCUT2D eigenvalue weighted by Gasteiger charge is 2.08. The number of nitrogens with zero attached hydrogens (tertiary/aromatic N) is 1. The van der Waals surface area contributed by atoms with Crippen molar-refractivity contribution in [1.82, 2.24) is 4.90 Å². The summed E-state index contributed by atoms with van der Waals surface area (Å²) in [4.78, 5) is 1.80. The highest BCUT2D eigenvalue weighted by molar-refractivity contribution is 7.80. The first-order valence-electron chi connectivity index (χ1n) is 6.14. The second-order valence-electron chi connectivity index (χ2n) is 4.27. The Morgan fingerprint density at radius 3 is 2.62 bits per heavy atom. The normalized spacial score (nSPS) is 10.5. The quantitative estimate of drug-likeness (QED) is 0.852. The third-order valence-corrected chi connectivity index (χ3v) is 3.06. The van der Waals surface area contributed by atoms with Gasteiger partial charge in [-0.1, -0.05) is 0 Å². The molecular weight excluding hydrogens is 298 g/mol. The van der Waals surface area contributed by atoms with Crippen molar-refractivity contribution in [2.75, 3.05) is 12.4 Å². The second-order valence-corrected chi connectivity index (χ2v) is 4.66. The van der Waals surface area contributed by atoms with Crippen molar-refractivity contribution in [2.24, 2.45) is 0 Å². The van der Waals surface area contributed by atoms with Crippen LogP contribution in [-0.2, 0) is 6.54 Å². The minimum Gasteiger partial charge on any atom is -0.467 e. The van der Waals surface area contributed by atoms with Gasteiger partial charge >= 0.3 is 6.61 Å². The lowest BCUT2D eigenvalue weighted by Crippen LogP contribution is -2.30. The van der Waals surface area contributed by atoms with Crippen molar-refractivity contribution in [3.05, 3.63) is 48.4 Å². The van der Waals surface area contributed by atoms with Crippen LogP contribution in [0.2, 0.25) is 0 Å². The highest BCUT2D eigenvalue weighted by Crippen LogP contribution is 2.18. The Bertz CT molecular complexity index is 573. The van der Waals surface area contributed by atoms with Gasteiger partial charge in [-0.25, -0.2) is 0 Å². The number of anilines is 1. The van der Waals surface area contributed by atoms with E-state index in [1.165, 1.54) is 12.1 Å². The molecule has 0 spiro atoms. The van der Waals surface area contributed by atoms with Gasteiger partial charge in [0, 0.05) is 12.7 Å². The number of halogens is 2. The number of hydrogen-bond acceptors (Lipinski definition) is 3. The molecule has 0 aliphatic carbocycles. The van der Waals surface area contributed by atoms with Gasteiger partial charge < -0.3 is 19.4 Å². The Balaban J connectivity index is 1.89. The van der Waals surface area contributed by atoms with Crippen LogP contribution in [0.5, 0.6) is 5.75 Å². The molecule has 112 valence electrons. The molecule has 1 N–H and O–H groups in total. The van der Waals surface area contributed by atoms with Crippen LogP contribution in [0.25, 0.3) is 0 Å². The number of thiocarbonyl (C=S) groups is 1. The largest absolute Gasteiger partial charge is 0.467 e. The summed E-state index contributed by atoms with van der Waals surface area (Å²) in [6.07, 6.45) is 1.60. The summed E-state index contributed by atoms with van der Waals surface area (Å²) in [6.45, 7) is -2.30. The molecule has 4 nitrogen and oxygen atoms in total. The van der Waals surface area contributed by atoms with E-state index in [1.54, 1.807) is 29.4 Å². The molecule has 0 bridgehead atoms. The predicted octanol–water partition coefficient (Wildman–Crippen LogP) is 3.71. The SMILES string of the molecule is CN(Cc1ccco1)C(=S)Nc1ccc(OC(F)F)cc1. The van der Waals surface area contributed by atoms with E-state index in [0.29, 0.717) is 17.3 Å². The smallest absolute Gasteiger partial charge is 0.387 e. The van der Waals surface area contributed by atoms with E-state index in [0.717, 1.165) is 5.76 Å². The first-order chi connectivity index (χ1) is 10.0. The van der Waals surface area contributed by atoms with Gasteiger partial charge in [-0.05, 0) is 48.6 Å². The van der Waals surface area contributed by atoms with Crippen LogP contribution in [0.4, 0.5) is 14.5 Å². The van der Waals surface area contributed by atoms with Gasteiger partial charge in [-0.2, -0.15) is 8.78 Å². The molecule has 0 aliphatic heterocycles. The molecule has 0 aliphatic rings. The van der Waals surface area contributed by atoms with Gasteiger partial charge in [0.2, 0.25) is 0 Å². The van der Waals surface area contributed by atoms with Crippen molar-refractivity contribution >= 4 is 23.0 Å². The summed E-state index contributed by atoms with van der Waals surface area (Å²) in [5.41, 5.74) is 0.688. The minimum atomic E-state index is -2.83. The molecule has 0 radical (unpaired) electrons. The Labute approximate surface area is 126 Å². The molecule has 0 saturated carbocycles. The van der Waals surface area contributed by atoms with E-state index in [-0.39, 0.29) is 5.75 Å². The second kappa shape index (κ2) is 7.03. The zero-order chi connectivity index (χ0) is 15.2. The molecule has 0 saturated heterocycles. The summed E-state index contributed by atoms with van der Waals surface area (Å²) < 4.78 is 33.6. The zero-order valence-corrected chi connectivity index (χ0v) is 12.1. The van der Waals surface area contributed by atoms with Crippen molar-refractivity contribution < 1.29 is 17.9 Å². The molecular formula is C14H14F2N2O2S. The van der Waals surface area contributed by atoms with E-state index < -0.39 is 6.61 Å². The Morgan fingerprint density at radius 2 is 2.05 bits per heavy atom. The van der Waals surface area contributed by atoms with Gasteiger partial charge in [-0.15, -0.1) is 0 Å². The molecule has 2 aromatic rings. The Morgan fingerprint density at radius 1 is 1.33 bits per heavy atom. The average Bonchev–Trinajstić information content (AvgIpc) is 2.93. The molecule has 0 amide bonds. The molecule has 2 rings (SSSR count). The van der Waals surface area contributed by atoms with Crippen molar-refractivity contribution in [3.8, 4) is 5.75 Å². The summed E-state index contributed by atoms with van der Waals surface area (Å²) >= 11 is 5.26. The third kappa shape index (κ3) is 4.71. The van der Waals surface area contributed by atoms with Crippen LogP contribution < -0.4 is 10.1 Å². The fourth-order valence-corrected chi connectivity index (χ4v) is 1.83. The summed E-state index contributed by atoms with van der Waals surface area (Å²) in [6, 6.07) is 9.79.